The molecule has 1 aliphatic heterocycles. The van der Waals surface area contributed by atoms with Crippen LogP contribution in [0.4, 0.5) is 5.69 Å². The fourth-order valence-corrected chi connectivity index (χ4v) is 3.85. The summed E-state index contributed by atoms with van der Waals surface area (Å²) in [5.41, 5.74) is 4.94. The third kappa shape index (κ3) is 3.77. The fourth-order valence-electron chi connectivity index (χ4n) is 3.85. The molecule has 0 spiro atoms. The molecule has 1 fully saturated rings. The van der Waals surface area contributed by atoms with Crippen LogP contribution in [0.2, 0.25) is 0 Å². The van der Waals surface area contributed by atoms with Crippen molar-refractivity contribution in [1.82, 2.24) is 30.3 Å². The van der Waals surface area contributed by atoms with Crippen LogP contribution in [0.15, 0.2) is 55.1 Å². The number of likely N-dealkylation sites (tertiary alicyclic amines) is 1. The second-order valence-electron chi connectivity index (χ2n) is 7.48. The highest BCUT2D eigenvalue weighted by molar-refractivity contribution is 6.11. The average molecular weight is 399 g/mol. The van der Waals surface area contributed by atoms with Gasteiger partial charge in [-0.05, 0) is 61.3 Å². The molecular formula is C22H21N7O. The van der Waals surface area contributed by atoms with Gasteiger partial charge in [-0.2, -0.15) is 15.3 Å². The first-order valence-electron chi connectivity index (χ1n) is 9.99. The van der Waals surface area contributed by atoms with Crippen LogP contribution < -0.4 is 5.32 Å². The first kappa shape index (κ1) is 18.4. The van der Waals surface area contributed by atoms with Gasteiger partial charge in [0.25, 0.3) is 5.91 Å². The Morgan fingerprint density at radius 3 is 2.77 bits per heavy atom. The SMILES string of the molecule is O=C(Nc1ccnnc1)c1n[nH]c2ccc(-c3cncc(CN4CCCC4)c3)cc12. The number of rotatable bonds is 5. The van der Waals surface area contributed by atoms with Gasteiger partial charge in [0.2, 0.25) is 0 Å². The third-order valence-corrected chi connectivity index (χ3v) is 5.35. The molecule has 2 N–H and O–H groups in total. The van der Waals surface area contributed by atoms with Gasteiger partial charge in [-0.25, -0.2) is 0 Å². The number of nitrogens with zero attached hydrogens (tertiary/aromatic N) is 5. The van der Waals surface area contributed by atoms with Gasteiger partial charge in [-0.3, -0.25) is 19.8 Å². The van der Waals surface area contributed by atoms with Gasteiger partial charge in [0.1, 0.15) is 0 Å². The number of nitrogens with one attached hydrogen (secondary N) is 2. The maximum atomic E-state index is 12.7. The first-order chi connectivity index (χ1) is 14.8. The van der Waals surface area contributed by atoms with Crippen LogP contribution in [0.25, 0.3) is 22.0 Å². The third-order valence-electron chi connectivity index (χ3n) is 5.35. The molecule has 0 aliphatic carbocycles. The molecule has 8 heteroatoms. The summed E-state index contributed by atoms with van der Waals surface area (Å²) in [4.78, 5) is 19.6. The molecule has 3 aromatic heterocycles. The van der Waals surface area contributed by atoms with Crippen LogP contribution in [0.1, 0.15) is 28.9 Å². The molecule has 30 heavy (non-hydrogen) atoms. The van der Waals surface area contributed by atoms with Crippen molar-refractivity contribution >= 4 is 22.5 Å². The van der Waals surface area contributed by atoms with E-state index in [0.717, 1.165) is 41.7 Å². The molecule has 8 nitrogen and oxygen atoms in total. The summed E-state index contributed by atoms with van der Waals surface area (Å²) in [7, 11) is 0. The van der Waals surface area contributed by atoms with Crippen molar-refractivity contribution in [3.05, 3.63) is 66.4 Å². The van der Waals surface area contributed by atoms with Crippen molar-refractivity contribution in [3.63, 3.8) is 0 Å². The van der Waals surface area contributed by atoms with E-state index in [4.69, 9.17) is 0 Å². The molecule has 0 saturated carbocycles. The van der Waals surface area contributed by atoms with E-state index in [0.29, 0.717) is 11.4 Å². The maximum Gasteiger partial charge on any atom is 0.276 e. The molecule has 1 saturated heterocycles. The van der Waals surface area contributed by atoms with Gasteiger partial charge in [0.05, 0.1) is 23.6 Å². The summed E-state index contributed by atoms with van der Waals surface area (Å²) in [6, 6.07) is 9.80. The first-order valence-corrected chi connectivity index (χ1v) is 9.99. The number of hydrogen-bond donors (Lipinski definition) is 2. The summed E-state index contributed by atoms with van der Waals surface area (Å²) in [6.45, 7) is 3.22. The number of aromatic nitrogens is 5. The zero-order chi connectivity index (χ0) is 20.3. The number of pyridine rings is 1. The monoisotopic (exact) mass is 399 g/mol. The minimum absolute atomic E-state index is 0.299. The average Bonchev–Trinajstić information content (AvgIpc) is 3.44. The normalized spacial score (nSPS) is 14.3. The molecular weight excluding hydrogens is 378 g/mol. The van der Waals surface area contributed by atoms with Crippen LogP contribution in [-0.4, -0.2) is 49.3 Å². The molecule has 0 bridgehead atoms. The predicted octanol–water partition coefficient (Wildman–Crippen LogP) is 3.26. The Labute approximate surface area is 173 Å². The van der Waals surface area contributed by atoms with Crippen molar-refractivity contribution in [2.45, 2.75) is 19.4 Å². The largest absolute Gasteiger partial charge is 0.319 e. The molecule has 4 aromatic rings. The number of carbonyl (C=O) groups is 1. The predicted molar refractivity (Wildman–Crippen MR) is 114 cm³/mol. The lowest BCUT2D eigenvalue weighted by Crippen LogP contribution is -2.18. The zero-order valence-electron chi connectivity index (χ0n) is 16.4. The van der Waals surface area contributed by atoms with E-state index in [1.54, 1.807) is 6.07 Å². The van der Waals surface area contributed by atoms with Crippen molar-refractivity contribution in [3.8, 4) is 11.1 Å². The number of hydrogen-bond acceptors (Lipinski definition) is 6. The number of carbonyl (C=O) groups excluding carboxylic acids is 1. The van der Waals surface area contributed by atoms with E-state index >= 15 is 0 Å². The summed E-state index contributed by atoms with van der Waals surface area (Å²) >= 11 is 0. The number of anilines is 1. The molecule has 1 amide bonds. The zero-order valence-corrected chi connectivity index (χ0v) is 16.4. The van der Waals surface area contributed by atoms with Crippen LogP contribution in [0, 0.1) is 0 Å². The van der Waals surface area contributed by atoms with Gasteiger partial charge in [0, 0.05) is 29.9 Å². The van der Waals surface area contributed by atoms with E-state index in [1.165, 1.54) is 30.8 Å². The Bertz CT molecular complexity index is 1180. The number of H-pyrrole nitrogens is 1. The van der Waals surface area contributed by atoms with Gasteiger partial charge < -0.3 is 5.32 Å². The van der Waals surface area contributed by atoms with Crippen LogP contribution in [0.5, 0.6) is 0 Å². The Morgan fingerprint density at radius 2 is 1.93 bits per heavy atom. The highest BCUT2D eigenvalue weighted by atomic mass is 16.1. The molecule has 0 radical (unpaired) electrons. The summed E-state index contributed by atoms with van der Waals surface area (Å²) in [6.07, 6.45) is 9.35. The lowest BCUT2D eigenvalue weighted by atomic mass is 10.0. The maximum absolute atomic E-state index is 12.7. The molecule has 0 unspecified atom stereocenters. The number of amides is 1. The molecule has 1 aliphatic rings. The summed E-state index contributed by atoms with van der Waals surface area (Å²) < 4.78 is 0. The van der Waals surface area contributed by atoms with Crippen molar-refractivity contribution in [1.29, 1.82) is 0 Å². The van der Waals surface area contributed by atoms with Crippen molar-refractivity contribution in [2.24, 2.45) is 0 Å². The molecule has 150 valence electrons. The van der Waals surface area contributed by atoms with Gasteiger partial charge in [0.15, 0.2) is 5.69 Å². The molecule has 1 aromatic carbocycles. The second-order valence-corrected chi connectivity index (χ2v) is 7.48. The Kier molecular flexibility index (Phi) is 4.90. The lowest BCUT2D eigenvalue weighted by Gasteiger charge is -2.14. The topological polar surface area (TPSA) is 99.7 Å². The van der Waals surface area contributed by atoms with Crippen molar-refractivity contribution in [2.75, 3.05) is 18.4 Å². The fraction of sp³-hybridized carbons (Fsp3) is 0.227. The van der Waals surface area contributed by atoms with Crippen LogP contribution in [-0.2, 0) is 6.54 Å². The minimum Gasteiger partial charge on any atom is -0.319 e. The highest BCUT2D eigenvalue weighted by Gasteiger charge is 2.16. The number of aromatic amines is 1. The standard InChI is InChI=1S/C22H21N7O/c30-22(26-18-5-6-24-25-13-18)21-19-10-16(3-4-20(19)27-28-21)17-9-15(11-23-12-17)14-29-7-1-2-8-29/h3-6,9-13H,1-2,7-8,14H2,(H,27,28)(H,24,26,30). The Hall–Kier alpha value is -3.65. The van der Waals surface area contributed by atoms with E-state index in [2.05, 4.69) is 41.7 Å². The Balaban J connectivity index is 1.43. The lowest BCUT2D eigenvalue weighted by molar-refractivity contribution is 0.102. The summed E-state index contributed by atoms with van der Waals surface area (Å²) in [5, 5.41) is 18.2. The quantitative estimate of drug-likeness (QED) is 0.534. The highest BCUT2D eigenvalue weighted by Crippen LogP contribution is 2.26. The van der Waals surface area contributed by atoms with E-state index in [1.807, 2.05) is 30.6 Å². The van der Waals surface area contributed by atoms with E-state index in [9.17, 15) is 4.79 Å². The van der Waals surface area contributed by atoms with Crippen LogP contribution >= 0.6 is 0 Å². The van der Waals surface area contributed by atoms with E-state index < -0.39 is 0 Å². The minimum atomic E-state index is -0.299. The Morgan fingerprint density at radius 1 is 1.03 bits per heavy atom. The van der Waals surface area contributed by atoms with Gasteiger partial charge in [-0.15, -0.1) is 0 Å². The molecule has 4 heterocycles. The summed E-state index contributed by atoms with van der Waals surface area (Å²) in [5.74, 6) is -0.299. The molecule has 5 rings (SSSR count). The number of benzene rings is 1. The van der Waals surface area contributed by atoms with E-state index in [-0.39, 0.29) is 5.91 Å². The van der Waals surface area contributed by atoms with Gasteiger partial charge >= 0.3 is 0 Å². The van der Waals surface area contributed by atoms with Gasteiger partial charge in [-0.1, -0.05) is 6.07 Å². The van der Waals surface area contributed by atoms with Crippen LogP contribution in [0.3, 0.4) is 0 Å². The second kappa shape index (κ2) is 8.00. The van der Waals surface area contributed by atoms with Crippen molar-refractivity contribution < 1.29 is 4.79 Å². The smallest absolute Gasteiger partial charge is 0.276 e. The molecule has 0 atom stereocenters. The number of fused-ring (bicyclic) bond motifs is 1.